The summed E-state index contributed by atoms with van der Waals surface area (Å²) in [5.74, 6) is 1.20. The van der Waals surface area contributed by atoms with Crippen molar-refractivity contribution >= 4 is 54.3 Å². The van der Waals surface area contributed by atoms with Crippen molar-refractivity contribution in [2.45, 2.75) is 64.3 Å². The molecule has 2 heterocycles. The standard InChI is InChI=1S/C27H30BCl2N3O2/c1-16(17-6-3-2-4-7-17)31-27(34)25-21-9-5-8-18(14-20-11-13-24(28)35-20)26(21)33(32-25)23-12-10-19(29)15-22(23)30/h10-17H,2-9,28H2,1H3,(H,31,34)/b18-14+/t16-/m1/s1. The molecule has 2 aromatic heterocycles. The average Bonchev–Trinajstić information content (AvgIpc) is 3.43. The number of carbonyl (C=O) groups is 1. The lowest BCUT2D eigenvalue weighted by molar-refractivity contribution is 0.0912. The van der Waals surface area contributed by atoms with Crippen LogP contribution in [0, 0.1) is 5.92 Å². The molecule has 1 saturated carbocycles. The van der Waals surface area contributed by atoms with Crippen LogP contribution >= 0.6 is 23.2 Å². The summed E-state index contributed by atoms with van der Waals surface area (Å²) in [6.07, 6.45) is 10.8. The van der Waals surface area contributed by atoms with Gasteiger partial charge >= 0.3 is 0 Å². The van der Waals surface area contributed by atoms with Crippen LogP contribution < -0.4 is 11.0 Å². The zero-order valence-corrected chi connectivity index (χ0v) is 21.8. The van der Waals surface area contributed by atoms with Crippen LogP contribution in [0.4, 0.5) is 0 Å². The number of hydrogen-bond acceptors (Lipinski definition) is 3. The summed E-state index contributed by atoms with van der Waals surface area (Å²) >= 11 is 12.8. The van der Waals surface area contributed by atoms with Crippen molar-refractivity contribution in [2.24, 2.45) is 5.92 Å². The Balaban J connectivity index is 1.57. The topological polar surface area (TPSA) is 60.1 Å². The molecule has 8 heteroatoms. The van der Waals surface area contributed by atoms with E-state index in [0.29, 0.717) is 27.3 Å². The molecule has 0 radical (unpaired) electrons. The largest absolute Gasteiger partial charge is 0.473 e. The van der Waals surface area contributed by atoms with E-state index in [9.17, 15) is 4.79 Å². The Labute approximate surface area is 217 Å². The number of amides is 1. The second-order valence-corrected chi connectivity index (χ2v) is 10.7. The zero-order chi connectivity index (χ0) is 24.5. The fourth-order valence-electron chi connectivity index (χ4n) is 5.47. The first-order valence-electron chi connectivity index (χ1n) is 12.6. The molecule has 3 aromatic rings. The van der Waals surface area contributed by atoms with Crippen LogP contribution in [-0.2, 0) is 6.42 Å². The minimum atomic E-state index is -0.113. The molecule has 1 N–H and O–H groups in total. The van der Waals surface area contributed by atoms with Gasteiger partial charge in [0.2, 0.25) is 0 Å². The van der Waals surface area contributed by atoms with Crippen molar-refractivity contribution in [1.29, 1.82) is 0 Å². The Morgan fingerprint density at radius 1 is 1.17 bits per heavy atom. The van der Waals surface area contributed by atoms with Crippen molar-refractivity contribution in [2.75, 3.05) is 0 Å². The van der Waals surface area contributed by atoms with Crippen LogP contribution in [0.3, 0.4) is 0 Å². The first-order valence-corrected chi connectivity index (χ1v) is 13.3. The van der Waals surface area contributed by atoms with E-state index in [1.807, 2.05) is 30.7 Å². The summed E-state index contributed by atoms with van der Waals surface area (Å²) in [4.78, 5) is 13.5. The Kier molecular flexibility index (Phi) is 7.13. The molecule has 2 aliphatic rings. The summed E-state index contributed by atoms with van der Waals surface area (Å²) in [5, 5.41) is 9.17. The zero-order valence-electron chi connectivity index (χ0n) is 20.2. The van der Waals surface area contributed by atoms with E-state index in [-0.39, 0.29) is 11.9 Å². The Bertz CT molecular complexity index is 1270. The molecule has 35 heavy (non-hydrogen) atoms. The van der Waals surface area contributed by atoms with Crippen molar-refractivity contribution in [3.63, 3.8) is 0 Å². The van der Waals surface area contributed by atoms with Crippen molar-refractivity contribution in [1.82, 2.24) is 15.1 Å². The average molecular weight is 510 g/mol. The molecule has 0 bridgehead atoms. The van der Waals surface area contributed by atoms with E-state index in [2.05, 4.69) is 18.3 Å². The molecule has 0 spiro atoms. The maximum Gasteiger partial charge on any atom is 0.272 e. The van der Waals surface area contributed by atoms with E-state index >= 15 is 0 Å². The highest BCUT2D eigenvalue weighted by Crippen LogP contribution is 2.38. The molecule has 1 amide bonds. The predicted molar refractivity (Wildman–Crippen MR) is 145 cm³/mol. The first kappa shape index (κ1) is 24.3. The number of aromatic nitrogens is 2. The monoisotopic (exact) mass is 509 g/mol. The van der Waals surface area contributed by atoms with Crippen LogP contribution in [0.5, 0.6) is 0 Å². The number of hydrogen-bond donors (Lipinski definition) is 1. The van der Waals surface area contributed by atoms with Crippen molar-refractivity contribution in [3.05, 3.63) is 63.1 Å². The van der Waals surface area contributed by atoms with Crippen LogP contribution in [0.2, 0.25) is 10.0 Å². The third-order valence-corrected chi connectivity index (χ3v) is 7.84. The van der Waals surface area contributed by atoms with E-state index in [1.165, 1.54) is 32.1 Å². The number of nitrogens with one attached hydrogen (secondary N) is 1. The van der Waals surface area contributed by atoms with Gasteiger partial charge in [0.15, 0.2) is 13.5 Å². The Morgan fingerprint density at radius 3 is 2.69 bits per heavy atom. The van der Waals surface area contributed by atoms with Gasteiger partial charge in [0.05, 0.1) is 22.1 Å². The maximum absolute atomic E-state index is 13.5. The maximum atomic E-state index is 13.5. The number of fused-ring (bicyclic) bond motifs is 1. The molecule has 0 aliphatic heterocycles. The van der Waals surface area contributed by atoms with Gasteiger partial charge in [-0.3, -0.25) is 4.79 Å². The second kappa shape index (κ2) is 10.3. The van der Waals surface area contributed by atoms with Crippen LogP contribution in [0.25, 0.3) is 17.3 Å². The van der Waals surface area contributed by atoms with Crippen molar-refractivity contribution in [3.8, 4) is 5.69 Å². The third kappa shape index (κ3) is 5.10. The first-order chi connectivity index (χ1) is 16.9. The minimum absolute atomic E-state index is 0.113. The van der Waals surface area contributed by atoms with Crippen LogP contribution in [-0.4, -0.2) is 29.6 Å². The fourth-order valence-corrected chi connectivity index (χ4v) is 5.96. The highest BCUT2D eigenvalue weighted by atomic mass is 35.5. The number of benzene rings is 1. The number of furan rings is 1. The van der Waals surface area contributed by atoms with Crippen molar-refractivity contribution < 1.29 is 9.21 Å². The summed E-state index contributed by atoms with van der Waals surface area (Å²) in [7, 11) is 1.93. The lowest BCUT2D eigenvalue weighted by Gasteiger charge is -2.28. The number of rotatable bonds is 5. The van der Waals surface area contributed by atoms with E-state index < -0.39 is 0 Å². The number of carbonyl (C=O) groups excluding carboxylic acids is 1. The van der Waals surface area contributed by atoms with Crippen LogP contribution in [0.1, 0.15) is 79.4 Å². The molecule has 5 rings (SSSR count). The summed E-state index contributed by atoms with van der Waals surface area (Å²) < 4.78 is 7.65. The Morgan fingerprint density at radius 2 is 1.97 bits per heavy atom. The second-order valence-electron chi connectivity index (χ2n) is 9.82. The smallest absolute Gasteiger partial charge is 0.272 e. The molecular formula is C27H30BCl2N3O2. The normalized spacial score (nSPS) is 18.4. The highest BCUT2D eigenvalue weighted by Gasteiger charge is 2.31. The predicted octanol–water partition coefficient (Wildman–Crippen LogP) is 5.61. The molecule has 182 valence electrons. The fraction of sp³-hybridized carbons (Fsp3) is 0.407. The molecule has 0 unspecified atom stereocenters. The molecule has 1 fully saturated rings. The number of allylic oxidation sites excluding steroid dienone is 1. The summed E-state index contributed by atoms with van der Waals surface area (Å²) in [6.45, 7) is 2.12. The SMILES string of the molecule is Bc1ccc(/C=C2\CCCc3c(C(=O)N[C@H](C)C4CCCCC4)nn(-c4ccc(Cl)cc4Cl)c32)o1. The molecule has 5 nitrogen and oxygen atoms in total. The summed E-state index contributed by atoms with van der Waals surface area (Å²) in [6, 6.07) is 9.39. The van der Waals surface area contributed by atoms with Gasteiger partial charge in [-0.05, 0) is 86.9 Å². The number of halogens is 2. The van der Waals surface area contributed by atoms with Gasteiger partial charge < -0.3 is 9.73 Å². The van der Waals surface area contributed by atoms with Gasteiger partial charge in [0.1, 0.15) is 5.76 Å². The third-order valence-electron chi connectivity index (χ3n) is 7.31. The minimum Gasteiger partial charge on any atom is -0.473 e. The van der Waals surface area contributed by atoms with Crippen LogP contribution in [0.15, 0.2) is 34.7 Å². The molecule has 0 saturated heterocycles. The van der Waals surface area contributed by atoms with Gasteiger partial charge in [-0.25, -0.2) is 4.68 Å². The lowest BCUT2D eigenvalue weighted by Crippen LogP contribution is -2.39. The quantitative estimate of drug-likeness (QED) is 0.455. The molecular weight excluding hydrogens is 480 g/mol. The van der Waals surface area contributed by atoms with Gasteiger partial charge in [0, 0.05) is 16.6 Å². The molecule has 2 aliphatic carbocycles. The van der Waals surface area contributed by atoms with Gasteiger partial charge in [-0.1, -0.05) is 42.5 Å². The Hall–Kier alpha value is -2.44. The molecule has 1 atom stereocenters. The van der Waals surface area contributed by atoms with Gasteiger partial charge in [-0.2, -0.15) is 5.10 Å². The lowest BCUT2D eigenvalue weighted by atomic mass is 9.84. The van der Waals surface area contributed by atoms with Gasteiger partial charge in [0.25, 0.3) is 5.91 Å². The number of nitrogens with zero attached hydrogens (tertiary/aromatic N) is 2. The molecule has 1 aromatic carbocycles. The van der Waals surface area contributed by atoms with E-state index in [4.69, 9.17) is 32.7 Å². The summed E-state index contributed by atoms with van der Waals surface area (Å²) in [5.41, 5.74) is 5.01. The highest BCUT2D eigenvalue weighted by molar-refractivity contribution is 6.35. The van der Waals surface area contributed by atoms with E-state index in [0.717, 1.165) is 47.5 Å². The van der Waals surface area contributed by atoms with E-state index in [1.54, 1.807) is 12.1 Å². The van der Waals surface area contributed by atoms with Gasteiger partial charge in [-0.15, -0.1) is 0 Å².